The van der Waals surface area contributed by atoms with E-state index in [0.717, 1.165) is 0 Å². The van der Waals surface area contributed by atoms with Gasteiger partial charge >= 0.3 is 0 Å². The van der Waals surface area contributed by atoms with E-state index in [1.54, 1.807) is 30.8 Å². The summed E-state index contributed by atoms with van der Waals surface area (Å²) in [5.41, 5.74) is 0. The highest BCUT2D eigenvalue weighted by Gasteiger charge is 2.18. The maximum atomic E-state index is 11.7. The van der Waals surface area contributed by atoms with Gasteiger partial charge in [0.2, 0.25) is 11.8 Å². The number of amides is 2. The number of likely N-dealkylation sites (N-methyl/N-ethyl adjacent to an activating group) is 2. The molecular weight excluding hydrogens is 218 g/mol. The lowest BCUT2D eigenvalue weighted by atomic mass is 10.2. The van der Waals surface area contributed by atoms with Crippen molar-refractivity contribution < 1.29 is 9.59 Å². The molecule has 2 amide bonds. The molecule has 0 aromatic rings. The quantitative estimate of drug-likeness (QED) is 0.730. The summed E-state index contributed by atoms with van der Waals surface area (Å²) in [4.78, 5) is 26.7. The zero-order valence-corrected chi connectivity index (χ0v) is 11.8. The summed E-state index contributed by atoms with van der Waals surface area (Å²) in [6.45, 7) is 8.47. The predicted molar refractivity (Wildman–Crippen MR) is 68.7 cm³/mol. The third-order valence-electron chi connectivity index (χ3n) is 2.95. The van der Waals surface area contributed by atoms with E-state index in [9.17, 15) is 9.59 Å². The normalized spacial score (nSPS) is 12.4. The number of nitrogens with one attached hydrogen (secondary N) is 1. The number of nitrogens with zero attached hydrogens (tertiary/aromatic N) is 2. The molecule has 5 heteroatoms. The van der Waals surface area contributed by atoms with E-state index in [0.29, 0.717) is 6.54 Å². The molecule has 17 heavy (non-hydrogen) atoms. The summed E-state index contributed by atoms with van der Waals surface area (Å²) in [5, 5.41) is 2.95. The lowest BCUT2D eigenvalue weighted by Gasteiger charge is -2.24. The molecule has 0 aromatic heterocycles. The monoisotopic (exact) mass is 243 g/mol. The molecule has 0 heterocycles. The van der Waals surface area contributed by atoms with Gasteiger partial charge in [0, 0.05) is 26.7 Å². The Labute approximate surface area is 104 Å². The van der Waals surface area contributed by atoms with Crippen molar-refractivity contribution in [2.75, 3.05) is 27.2 Å². The van der Waals surface area contributed by atoms with Crippen LogP contribution in [0.4, 0.5) is 0 Å². The molecule has 0 radical (unpaired) electrons. The van der Waals surface area contributed by atoms with Gasteiger partial charge in [-0.1, -0.05) is 0 Å². The van der Waals surface area contributed by atoms with E-state index in [-0.39, 0.29) is 30.4 Å². The van der Waals surface area contributed by atoms with Gasteiger partial charge in [-0.05, 0) is 27.7 Å². The van der Waals surface area contributed by atoms with E-state index in [4.69, 9.17) is 0 Å². The molecule has 5 nitrogen and oxygen atoms in total. The second-order valence-corrected chi connectivity index (χ2v) is 4.55. The Kier molecular flexibility index (Phi) is 6.80. The first-order chi connectivity index (χ1) is 7.81. The van der Waals surface area contributed by atoms with Gasteiger partial charge in [0.05, 0.1) is 12.6 Å². The van der Waals surface area contributed by atoms with Crippen molar-refractivity contribution in [3.8, 4) is 0 Å². The first kappa shape index (κ1) is 15.9. The smallest absolute Gasteiger partial charge is 0.239 e. The Morgan fingerprint density at radius 2 is 1.71 bits per heavy atom. The minimum Gasteiger partial charge on any atom is -0.345 e. The van der Waals surface area contributed by atoms with Crippen molar-refractivity contribution in [2.45, 2.75) is 39.8 Å². The van der Waals surface area contributed by atoms with Gasteiger partial charge in [-0.2, -0.15) is 0 Å². The van der Waals surface area contributed by atoms with Crippen molar-refractivity contribution in [1.29, 1.82) is 0 Å². The van der Waals surface area contributed by atoms with E-state index in [2.05, 4.69) is 5.32 Å². The SMILES string of the molecule is CCN(C)C(=O)C(C)NCC(=O)N(C)C(C)C. The summed E-state index contributed by atoms with van der Waals surface area (Å²) in [6, 6.07) is -0.155. The molecule has 0 rings (SSSR count). The van der Waals surface area contributed by atoms with Gasteiger partial charge in [-0.15, -0.1) is 0 Å². The van der Waals surface area contributed by atoms with Crippen LogP contribution in [0.3, 0.4) is 0 Å². The van der Waals surface area contributed by atoms with Crippen LogP contribution in [-0.2, 0) is 9.59 Å². The van der Waals surface area contributed by atoms with Crippen LogP contribution < -0.4 is 5.32 Å². The molecule has 0 saturated heterocycles. The molecule has 0 aliphatic carbocycles. The van der Waals surface area contributed by atoms with Crippen molar-refractivity contribution in [1.82, 2.24) is 15.1 Å². The van der Waals surface area contributed by atoms with Crippen LogP contribution >= 0.6 is 0 Å². The Bertz CT molecular complexity index is 266. The van der Waals surface area contributed by atoms with Crippen LogP contribution in [0.5, 0.6) is 0 Å². The second kappa shape index (κ2) is 7.27. The fraction of sp³-hybridized carbons (Fsp3) is 0.833. The van der Waals surface area contributed by atoms with Gasteiger partial charge in [-0.25, -0.2) is 0 Å². The van der Waals surface area contributed by atoms with E-state index >= 15 is 0 Å². The Morgan fingerprint density at radius 3 is 2.12 bits per heavy atom. The van der Waals surface area contributed by atoms with Crippen molar-refractivity contribution >= 4 is 11.8 Å². The maximum Gasteiger partial charge on any atom is 0.239 e. The van der Waals surface area contributed by atoms with Crippen LogP contribution in [0.25, 0.3) is 0 Å². The van der Waals surface area contributed by atoms with Crippen molar-refractivity contribution in [3.05, 3.63) is 0 Å². The average molecular weight is 243 g/mol. The summed E-state index contributed by atoms with van der Waals surface area (Å²) in [7, 11) is 3.52. The zero-order chi connectivity index (χ0) is 13.6. The Hall–Kier alpha value is -1.10. The number of rotatable bonds is 6. The average Bonchev–Trinajstić information content (AvgIpc) is 2.32. The third kappa shape index (κ3) is 5.17. The van der Waals surface area contributed by atoms with Gasteiger partial charge in [0.25, 0.3) is 0 Å². The highest BCUT2D eigenvalue weighted by Crippen LogP contribution is 1.95. The minimum atomic E-state index is -0.329. The van der Waals surface area contributed by atoms with E-state index < -0.39 is 0 Å². The molecule has 1 unspecified atom stereocenters. The van der Waals surface area contributed by atoms with E-state index in [1.165, 1.54) is 0 Å². The number of carbonyl (C=O) groups is 2. The number of hydrogen-bond acceptors (Lipinski definition) is 3. The van der Waals surface area contributed by atoms with Gasteiger partial charge in [0.15, 0.2) is 0 Å². The fourth-order valence-electron chi connectivity index (χ4n) is 1.23. The topological polar surface area (TPSA) is 52.7 Å². The van der Waals surface area contributed by atoms with Crippen LogP contribution in [0.1, 0.15) is 27.7 Å². The lowest BCUT2D eigenvalue weighted by molar-refractivity contribution is -0.133. The lowest BCUT2D eigenvalue weighted by Crippen LogP contribution is -2.47. The molecule has 0 saturated carbocycles. The Morgan fingerprint density at radius 1 is 1.18 bits per heavy atom. The Balaban J connectivity index is 4.12. The maximum absolute atomic E-state index is 11.7. The van der Waals surface area contributed by atoms with E-state index in [1.807, 2.05) is 20.8 Å². The summed E-state index contributed by atoms with van der Waals surface area (Å²) < 4.78 is 0. The van der Waals surface area contributed by atoms with Gasteiger partial charge in [-0.3, -0.25) is 14.9 Å². The molecule has 0 fully saturated rings. The first-order valence-electron chi connectivity index (χ1n) is 6.05. The zero-order valence-electron chi connectivity index (χ0n) is 11.8. The molecule has 0 aliphatic rings. The fourth-order valence-corrected chi connectivity index (χ4v) is 1.23. The number of hydrogen-bond donors (Lipinski definition) is 1. The summed E-state index contributed by atoms with van der Waals surface area (Å²) in [5.74, 6) is 0.00583. The largest absolute Gasteiger partial charge is 0.345 e. The molecule has 0 spiro atoms. The second-order valence-electron chi connectivity index (χ2n) is 4.55. The third-order valence-corrected chi connectivity index (χ3v) is 2.95. The summed E-state index contributed by atoms with van der Waals surface area (Å²) >= 11 is 0. The summed E-state index contributed by atoms with van der Waals surface area (Å²) in [6.07, 6.45) is 0. The highest BCUT2D eigenvalue weighted by molar-refractivity contribution is 5.83. The molecule has 0 aliphatic heterocycles. The standard InChI is InChI=1S/C12H25N3O2/c1-7-14(5)12(17)10(4)13-8-11(16)15(6)9(2)3/h9-10,13H,7-8H2,1-6H3. The predicted octanol–water partition coefficient (Wildman–Crippen LogP) is 0.310. The van der Waals surface area contributed by atoms with Crippen LogP contribution in [0, 0.1) is 0 Å². The van der Waals surface area contributed by atoms with Gasteiger partial charge < -0.3 is 9.80 Å². The minimum absolute atomic E-state index is 0.00111. The molecule has 0 bridgehead atoms. The highest BCUT2D eigenvalue weighted by atomic mass is 16.2. The first-order valence-corrected chi connectivity index (χ1v) is 6.05. The molecule has 0 aromatic carbocycles. The molecule has 100 valence electrons. The van der Waals surface area contributed by atoms with Gasteiger partial charge in [0.1, 0.15) is 0 Å². The van der Waals surface area contributed by atoms with Crippen molar-refractivity contribution in [2.24, 2.45) is 0 Å². The molecular formula is C12H25N3O2. The van der Waals surface area contributed by atoms with Crippen molar-refractivity contribution in [3.63, 3.8) is 0 Å². The molecule has 1 atom stereocenters. The van der Waals surface area contributed by atoms with Crippen LogP contribution in [0.2, 0.25) is 0 Å². The van der Waals surface area contributed by atoms with Crippen LogP contribution in [0.15, 0.2) is 0 Å². The van der Waals surface area contributed by atoms with Crippen LogP contribution in [-0.4, -0.2) is 60.9 Å². The molecule has 1 N–H and O–H groups in total. The number of carbonyl (C=O) groups excluding carboxylic acids is 2.